The van der Waals surface area contributed by atoms with Gasteiger partial charge in [-0.15, -0.1) is 11.3 Å². The van der Waals surface area contributed by atoms with E-state index in [0.29, 0.717) is 0 Å². The van der Waals surface area contributed by atoms with Gasteiger partial charge < -0.3 is 9.80 Å². The number of hydrogen-bond donors (Lipinski definition) is 0. The molecule has 2 aliphatic rings. The lowest BCUT2D eigenvalue weighted by Crippen LogP contribution is -2.47. The maximum Gasteiger partial charge on any atom is 0.225 e. The number of rotatable bonds is 2. The number of fused-ring (bicyclic) bond motifs is 3. The Kier molecular flexibility index (Phi) is 4.00. The molecule has 6 nitrogen and oxygen atoms in total. The van der Waals surface area contributed by atoms with E-state index in [0.717, 1.165) is 55.2 Å². The van der Waals surface area contributed by atoms with Crippen LogP contribution in [0.1, 0.15) is 34.1 Å². The summed E-state index contributed by atoms with van der Waals surface area (Å²) in [5.41, 5.74) is 3.56. The molecule has 3 aromatic rings. The van der Waals surface area contributed by atoms with Gasteiger partial charge >= 0.3 is 0 Å². The van der Waals surface area contributed by atoms with Crippen LogP contribution < -0.4 is 9.80 Å². The van der Waals surface area contributed by atoms with Crippen molar-refractivity contribution in [2.45, 2.75) is 40.0 Å². The molecule has 0 unspecified atom stereocenters. The predicted octanol–water partition coefficient (Wildman–Crippen LogP) is 3.22. The minimum absolute atomic E-state index is 0.854. The molecule has 1 aliphatic heterocycles. The number of aryl methyl sites for hydroxylation is 5. The van der Waals surface area contributed by atoms with Crippen molar-refractivity contribution in [2.75, 3.05) is 36.0 Å². The maximum atomic E-state index is 4.87. The highest BCUT2D eigenvalue weighted by atomic mass is 32.1. The van der Waals surface area contributed by atoms with Crippen molar-refractivity contribution < 1.29 is 0 Å². The molecule has 0 N–H and O–H groups in total. The Bertz CT molecular complexity index is 999. The number of thiophene rings is 1. The molecule has 0 radical (unpaired) electrons. The first-order valence-electron chi connectivity index (χ1n) is 9.69. The standard InChI is InChI=1S/C20H24N6S/c1-12-11-13(2)22-20(21-12)26-9-7-25(8-10-26)18-17-15-5-4-6-16(15)27-19(17)24-14(3)23-18/h11H,4-10H2,1-3H3. The van der Waals surface area contributed by atoms with E-state index in [9.17, 15) is 0 Å². The highest BCUT2D eigenvalue weighted by Crippen LogP contribution is 2.40. The first-order chi connectivity index (χ1) is 13.1. The molecule has 0 atom stereocenters. The van der Waals surface area contributed by atoms with Crippen molar-refractivity contribution in [3.63, 3.8) is 0 Å². The Balaban J connectivity index is 1.44. The largest absolute Gasteiger partial charge is 0.352 e. The van der Waals surface area contributed by atoms with Crippen LogP contribution in [0.2, 0.25) is 0 Å². The Morgan fingerprint density at radius 2 is 1.56 bits per heavy atom. The monoisotopic (exact) mass is 380 g/mol. The summed E-state index contributed by atoms with van der Waals surface area (Å²) in [5.74, 6) is 2.86. The summed E-state index contributed by atoms with van der Waals surface area (Å²) in [7, 11) is 0. The molecule has 140 valence electrons. The molecule has 27 heavy (non-hydrogen) atoms. The van der Waals surface area contributed by atoms with E-state index in [1.165, 1.54) is 39.9 Å². The molecule has 1 saturated heterocycles. The number of nitrogens with zero attached hydrogens (tertiary/aromatic N) is 6. The highest BCUT2D eigenvalue weighted by Gasteiger charge is 2.27. The summed E-state index contributed by atoms with van der Waals surface area (Å²) in [6, 6.07) is 2.03. The van der Waals surface area contributed by atoms with E-state index in [1.54, 1.807) is 0 Å². The molecule has 0 aromatic carbocycles. The zero-order valence-corrected chi connectivity index (χ0v) is 16.9. The second-order valence-corrected chi connectivity index (χ2v) is 8.64. The highest BCUT2D eigenvalue weighted by molar-refractivity contribution is 7.19. The van der Waals surface area contributed by atoms with Gasteiger partial charge in [-0.05, 0) is 51.7 Å². The van der Waals surface area contributed by atoms with Crippen LogP contribution in [-0.2, 0) is 12.8 Å². The fourth-order valence-electron chi connectivity index (χ4n) is 4.28. The lowest BCUT2D eigenvalue weighted by Gasteiger charge is -2.36. The fourth-order valence-corrected chi connectivity index (χ4v) is 5.58. The second-order valence-electron chi connectivity index (χ2n) is 7.56. The lowest BCUT2D eigenvalue weighted by molar-refractivity contribution is 0.633. The molecular formula is C20H24N6S. The van der Waals surface area contributed by atoms with Crippen LogP contribution in [0.5, 0.6) is 0 Å². The quantitative estimate of drug-likeness (QED) is 0.680. The van der Waals surface area contributed by atoms with Crippen LogP contribution in [0, 0.1) is 20.8 Å². The van der Waals surface area contributed by atoms with Gasteiger partial charge in [-0.3, -0.25) is 0 Å². The van der Waals surface area contributed by atoms with Crippen LogP contribution in [0.3, 0.4) is 0 Å². The summed E-state index contributed by atoms with van der Waals surface area (Å²) < 4.78 is 0. The molecule has 5 rings (SSSR count). The molecular weight excluding hydrogens is 356 g/mol. The molecule has 0 amide bonds. The van der Waals surface area contributed by atoms with Crippen molar-refractivity contribution in [1.29, 1.82) is 0 Å². The van der Waals surface area contributed by atoms with E-state index in [4.69, 9.17) is 9.97 Å². The van der Waals surface area contributed by atoms with Crippen LogP contribution in [0.25, 0.3) is 10.2 Å². The first kappa shape index (κ1) is 16.9. The summed E-state index contributed by atoms with van der Waals surface area (Å²) in [5, 5.41) is 1.31. The number of anilines is 2. The number of aromatic nitrogens is 4. The SMILES string of the molecule is Cc1cc(C)nc(N2CCN(c3nc(C)nc4sc5c(c34)CCC5)CC2)n1. The van der Waals surface area contributed by atoms with E-state index in [-0.39, 0.29) is 0 Å². The van der Waals surface area contributed by atoms with Crippen LogP contribution in [0.4, 0.5) is 11.8 Å². The Morgan fingerprint density at radius 3 is 2.30 bits per heavy atom. The van der Waals surface area contributed by atoms with Crippen molar-refractivity contribution in [2.24, 2.45) is 0 Å². The van der Waals surface area contributed by atoms with Gasteiger partial charge in [0.25, 0.3) is 0 Å². The van der Waals surface area contributed by atoms with Gasteiger partial charge in [0.1, 0.15) is 16.5 Å². The molecule has 1 aliphatic carbocycles. The van der Waals surface area contributed by atoms with Crippen LogP contribution in [0.15, 0.2) is 6.07 Å². The third kappa shape index (κ3) is 2.94. The van der Waals surface area contributed by atoms with Crippen LogP contribution >= 0.6 is 11.3 Å². The maximum absolute atomic E-state index is 4.87. The summed E-state index contributed by atoms with van der Waals surface area (Å²) >= 11 is 1.87. The van der Waals surface area contributed by atoms with Gasteiger partial charge in [0.2, 0.25) is 5.95 Å². The van der Waals surface area contributed by atoms with Gasteiger partial charge in [-0.2, -0.15) is 0 Å². The molecule has 0 saturated carbocycles. The van der Waals surface area contributed by atoms with E-state index < -0.39 is 0 Å². The van der Waals surface area contributed by atoms with E-state index in [1.807, 2.05) is 38.2 Å². The van der Waals surface area contributed by atoms with Gasteiger partial charge in [-0.25, -0.2) is 19.9 Å². The van der Waals surface area contributed by atoms with Gasteiger partial charge in [0.05, 0.1) is 5.39 Å². The zero-order chi connectivity index (χ0) is 18.5. The molecule has 3 aromatic heterocycles. The average molecular weight is 381 g/mol. The summed E-state index contributed by atoms with van der Waals surface area (Å²) in [4.78, 5) is 26.3. The number of hydrogen-bond acceptors (Lipinski definition) is 7. The average Bonchev–Trinajstić information content (AvgIpc) is 3.21. The summed E-state index contributed by atoms with van der Waals surface area (Å²) in [6.07, 6.45) is 3.64. The van der Waals surface area contributed by atoms with E-state index >= 15 is 0 Å². The van der Waals surface area contributed by atoms with Crippen molar-refractivity contribution in [3.8, 4) is 0 Å². The molecule has 4 heterocycles. The second kappa shape index (κ2) is 6.41. The minimum Gasteiger partial charge on any atom is -0.352 e. The van der Waals surface area contributed by atoms with Crippen molar-refractivity contribution >= 4 is 33.3 Å². The lowest BCUT2D eigenvalue weighted by atomic mass is 10.1. The Labute approximate surface area is 163 Å². The molecule has 0 bridgehead atoms. The van der Waals surface area contributed by atoms with Crippen molar-refractivity contribution in [1.82, 2.24) is 19.9 Å². The van der Waals surface area contributed by atoms with E-state index in [2.05, 4.69) is 19.8 Å². The van der Waals surface area contributed by atoms with Gasteiger partial charge in [-0.1, -0.05) is 0 Å². The van der Waals surface area contributed by atoms with Gasteiger partial charge in [0, 0.05) is 42.4 Å². The summed E-state index contributed by atoms with van der Waals surface area (Å²) in [6.45, 7) is 9.78. The topological polar surface area (TPSA) is 58.0 Å². The first-order valence-corrected chi connectivity index (χ1v) is 10.5. The Morgan fingerprint density at radius 1 is 0.852 bits per heavy atom. The van der Waals surface area contributed by atoms with Crippen molar-refractivity contribution in [3.05, 3.63) is 33.7 Å². The fraction of sp³-hybridized carbons (Fsp3) is 0.500. The zero-order valence-electron chi connectivity index (χ0n) is 16.1. The smallest absolute Gasteiger partial charge is 0.225 e. The minimum atomic E-state index is 0.854. The predicted molar refractivity (Wildman–Crippen MR) is 110 cm³/mol. The number of piperazine rings is 1. The molecule has 7 heteroatoms. The van der Waals surface area contributed by atoms with Gasteiger partial charge in [0.15, 0.2) is 0 Å². The molecule has 0 spiro atoms. The third-order valence-corrected chi connectivity index (χ3v) is 6.68. The third-order valence-electron chi connectivity index (χ3n) is 5.49. The van der Waals surface area contributed by atoms with Crippen LogP contribution in [-0.4, -0.2) is 46.1 Å². The molecule has 1 fully saturated rings. The Hall–Kier alpha value is -2.28. The normalized spacial score (nSPS) is 17.0.